The summed E-state index contributed by atoms with van der Waals surface area (Å²) in [4.78, 5) is 25.2. The molecular weight excluding hydrogens is 458 g/mol. The highest BCUT2D eigenvalue weighted by Crippen LogP contribution is 2.26. The first-order chi connectivity index (χ1) is 15.7. The predicted molar refractivity (Wildman–Crippen MR) is 133 cm³/mol. The molecule has 2 N–H and O–H groups in total. The number of thioether (sulfide) groups is 1. The van der Waals surface area contributed by atoms with Crippen LogP contribution in [-0.2, 0) is 11.8 Å². The fourth-order valence-electron chi connectivity index (χ4n) is 3.24. The number of hydrogen-bond acceptors (Lipinski definition) is 5. The molecule has 1 heterocycles. The normalized spacial score (nSPS) is 12.0. The Labute approximate surface area is 203 Å². The van der Waals surface area contributed by atoms with E-state index in [1.54, 1.807) is 24.3 Å². The molecule has 0 saturated heterocycles. The molecule has 2 amide bonds. The Bertz CT molecular complexity index is 1140. The number of aryl methyl sites for hydroxylation is 1. The van der Waals surface area contributed by atoms with Crippen molar-refractivity contribution in [1.29, 1.82) is 0 Å². The molecule has 1 aromatic heterocycles. The molecule has 2 aromatic carbocycles. The van der Waals surface area contributed by atoms with Crippen LogP contribution in [0.5, 0.6) is 0 Å². The largest absolute Gasteiger partial charge is 0.342 e. The van der Waals surface area contributed by atoms with Gasteiger partial charge in [0.15, 0.2) is 11.0 Å². The SMILES string of the molecule is Cc1ccc(C(=O)N[C@H](c2nnc(SCC(=O)Nc3cccc(Cl)c3C)n2C)C(C)C)cc1. The van der Waals surface area contributed by atoms with E-state index in [4.69, 9.17) is 11.6 Å². The zero-order chi connectivity index (χ0) is 24.1. The highest BCUT2D eigenvalue weighted by atomic mass is 35.5. The van der Waals surface area contributed by atoms with Crippen molar-refractivity contribution < 1.29 is 9.59 Å². The quantitative estimate of drug-likeness (QED) is 0.441. The van der Waals surface area contributed by atoms with Gasteiger partial charge in [0.1, 0.15) is 0 Å². The number of hydrogen-bond donors (Lipinski definition) is 2. The lowest BCUT2D eigenvalue weighted by atomic mass is 10.0. The number of carbonyl (C=O) groups excluding carboxylic acids is 2. The standard InChI is InChI=1S/C24H28ClN5O2S/c1-14(2)21(27-23(32)17-11-9-15(3)10-12-17)22-28-29-24(30(22)5)33-13-20(31)26-19-8-6-7-18(25)16(19)4/h6-12,14,21H,13H2,1-5H3,(H,26,31)(H,27,32)/t21-/m0/s1. The van der Waals surface area contributed by atoms with E-state index in [1.807, 2.05) is 57.5 Å². The lowest BCUT2D eigenvalue weighted by Gasteiger charge is -2.21. The first kappa shape index (κ1) is 24.8. The maximum Gasteiger partial charge on any atom is 0.251 e. The summed E-state index contributed by atoms with van der Waals surface area (Å²) in [7, 11) is 1.84. The molecule has 0 fully saturated rings. The Hall–Kier alpha value is -2.84. The lowest BCUT2D eigenvalue weighted by Crippen LogP contribution is -2.33. The molecule has 7 nitrogen and oxygen atoms in total. The molecule has 1 atom stereocenters. The maximum atomic E-state index is 12.8. The number of nitrogens with zero attached hydrogens (tertiary/aromatic N) is 3. The third kappa shape index (κ3) is 6.15. The van der Waals surface area contributed by atoms with Crippen molar-refractivity contribution in [1.82, 2.24) is 20.1 Å². The van der Waals surface area contributed by atoms with Crippen molar-refractivity contribution in [2.24, 2.45) is 13.0 Å². The number of amides is 2. The molecule has 3 rings (SSSR count). The number of rotatable bonds is 8. The van der Waals surface area contributed by atoms with E-state index in [2.05, 4.69) is 20.8 Å². The van der Waals surface area contributed by atoms with Gasteiger partial charge in [-0.15, -0.1) is 10.2 Å². The summed E-state index contributed by atoms with van der Waals surface area (Å²) in [6.45, 7) is 7.87. The minimum atomic E-state index is -0.325. The van der Waals surface area contributed by atoms with Gasteiger partial charge in [-0.25, -0.2) is 0 Å². The van der Waals surface area contributed by atoms with Crippen LogP contribution in [0.15, 0.2) is 47.6 Å². The molecular formula is C24H28ClN5O2S. The molecule has 0 aliphatic heterocycles. The number of benzene rings is 2. The average molecular weight is 486 g/mol. The summed E-state index contributed by atoms with van der Waals surface area (Å²) < 4.78 is 1.82. The predicted octanol–water partition coefficient (Wildman–Crippen LogP) is 4.94. The van der Waals surface area contributed by atoms with Gasteiger partial charge in [0.2, 0.25) is 5.91 Å². The molecule has 0 aliphatic rings. The van der Waals surface area contributed by atoms with Crippen molar-refractivity contribution in [3.63, 3.8) is 0 Å². The monoisotopic (exact) mass is 485 g/mol. The maximum absolute atomic E-state index is 12.8. The van der Waals surface area contributed by atoms with Crippen LogP contribution in [0.2, 0.25) is 5.02 Å². The number of aromatic nitrogens is 3. The average Bonchev–Trinajstić information content (AvgIpc) is 3.14. The van der Waals surface area contributed by atoms with Crippen LogP contribution in [0.4, 0.5) is 5.69 Å². The highest BCUT2D eigenvalue weighted by molar-refractivity contribution is 7.99. The topological polar surface area (TPSA) is 88.9 Å². The summed E-state index contributed by atoms with van der Waals surface area (Å²) in [5, 5.41) is 15.7. The van der Waals surface area contributed by atoms with Crippen LogP contribution >= 0.6 is 23.4 Å². The van der Waals surface area contributed by atoms with Crippen molar-refractivity contribution in [2.45, 2.75) is 38.9 Å². The zero-order valence-electron chi connectivity index (χ0n) is 19.3. The Morgan fingerprint density at radius 3 is 2.45 bits per heavy atom. The molecule has 33 heavy (non-hydrogen) atoms. The first-order valence-corrected chi connectivity index (χ1v) is 12.0. The molecule has 9 heteroatoms. The Kier molecular flexibility index (Phi) is 8.15. The Balaban J connectivity index is 1.67. The first-order valence-electron chi connectivity index (χ1n) is 10.6. The summed E-state index contributed by atoms with van der Waals surface area (Å²) in [5.74, 6) is 0.568. The van der Waals surface area contributed by atoms with E-state index >= 15 is 0 Å². The van der Waals surface area contributed by atoms with Gasteiger partial charge in [0.05, 0.1) is 11.8 Å². The van der Waals surface area contributed by atoms with Gasteiger partial charge >= 0.3 is 0 Å². The third-order valence-electron chi connectivity index (χ3n) is 5.29. The minimum Gasteiger partial charge on any atom is -0.342 e. The van der Waals surface area contributed by atoms with E-state index in [-0.39, 0.29) is 29.5 Å². The number of carbonyl (C=O) groups is 2. The van der Waals surface area contributed by atoms with Gasteiger partial charge in [-0.3, -0.25) is 9.59 Å². The van der Waals surface area contributed by atoms with Gasteiger partial charge in [-0.05, 0) is 49.6 Å². The second-order valence-electron chi connectivity index (χ2n) is 8.21. The van der Waals surface area contributed by atoms with Crippen molar-refractivity contribution in [3.05, 3.63) is 70.0 Å². The van der Waals surface area contributed by atoms with E-state index in [0.717, 1.165) is 11.1 Å². The van der Waals surface area contributed by atoms with Crippen LogP contribution in [0.25, 0.3) is 0 Å². The lowest BCUT2D eigenvalue weighted by molar-refractivity contribution is -0.113. The molecule has 3 aromatic rings. The molecule has 0 radical (unpaired) electrons. The number of nitrogens with one attached hydrogen (secondary N) is 2. The second-order valence-corrected chi connectivity index (χ2v) is 9.56. The molecule has 0 aliphatic carbocycles. The van der Waals surface area contributed by atoms with Crippen LogP contribution in [0.3, 0.4) is 0 Å². The number of halogens is 1. The molecule has 174 valence electrons. The Morgan fingerprint density at radius 1 is 1.09 bits per heavy atom. The van der Waals surface area contributed by atoms with Crippen LogP contribution in [-0.4, -0.2) is 32.3 Å². The summed E-state index contributed by atoms with van der Waals surface area (Å²) >= 11 is 7.41. The van der Waals surface area contributed by atoms with Gasteiger partial charge in [-0.1, -0.05) is 61.0 Å². The molecule has 0 bridgehead atoms. The summed E-state index contributed by atoms with van der Waals surface area (Å²) in [6.07, 6.45) is 0. The fourth-order valence-corrected chi connectivity index (χ4v) is 4.13. The van der Waals surface area contributed by atoms with Gasteiger partial charge in [0, 0.05) is 23.3 Å². The summed E-state index contributed by atoms with van der Waals surface area (Å²) in [6, 6.07) is 12.5. The Morgan fingerprint density at radius 2 is 1.79 bits per heavy atom. The van der Waals surface area contributed by atoms with Gasteiger partial charge < -0.3 is 15.2 Å². The van der Waals surface area contributed by atoms with E-state index in [0.29, 0.717) is 27.3 Å². The third-order valence-corrected chi connectivity index (χ3v) is 6.72. The summed E-state index contributed by atoms with van der Waals surface area (Å²) in [5.41, 5.74) is 3.19. The minimum absolute atomic E-state index is 0.0919. The van der Waals surface area contributed by atoms with Crippen LogP contribution < -0.4 is 10.6 Å². The highest BCUT2D eigenvalue weighted by Gasteiger charge is 2.25. The van der Waals surface area contributed by atoms with Gasteiger partial charge in [-0.2, -0.15) is 0 Å². The van der Waals surface area contributed by atoms with Crippen molar-refractivity contribution in [3.8, 4) is 0 Å². The van der Waals surface area contributed by atoms with Crippen LogP contribution in [0.1, 0.15) is 47.2 Å². The van der Waals surface area contributed by atoms with E-state index in [9.17, 15) is 9.59 Å². The smallest absolute Gasteiger partial charge is 0.251 e. The number of anilines is 1. The van der Waals surface area contributed by atoms with E-state index < -0.39 is 0 Å². The van der Waals surface area contributed by atoms with Crippen LogP contribution in [0, 0.1) is 19.8 Å². The molecule has 0 saturated carbocycles. The molecule has 0 unspecified atom stereocenters. The molecule has 0 spiro atoms. The van der Waals surface area contributed by atoms with Gasteiger partial charge in [0.25, 0.3) is 5.91 Å². The zero-order valence-corrected chi connectivity index (χ0v) is 20.9. The van der Waals surface area contributed by atoms with Crippen molar-refractivity contribution >= 4 is 40.9 Å². The second kappa shape index (κ2) is 10.9. The fraction of sp³-hybridized carbons (Fsp3) is 0.333. The van der Waals surface area contributed by atoms with Crippen molar-refractivity contribution in [2.75, 3.05) is 11.1 Å². The van der Waals surface area contributed by atoms with E-state index in [1.165, 1.54) is 11.8 Å².